The van der Waals surface area contributed by atoms with Crippen LogP contribution >= 0.6 is 0 Å². The fourth-order valence-corrected chi connectivity index (χ4v) is 11.8. The lowest BCUT2D eigenvalue weighted by atomic mass is 9.53. The molecule has 0 N–H and O–H groups in total. The first kappa shape index (κ1) is 35.9. The Hall–Kier alpha value is -1.96. The van der Waals surface area contributed by atoms with Gasteiger partial charge in [-0.2, -0.15) is 0 Å². The Balaban J connectivity index is 1.05. The van der Waals surface area contributed by atoms with Gasteiger partial charge in [0.2, 0.25) is 0 Å². The van der Waals surface area contributed by atoms with E-state index in [4.69, 9.17) is 14.2 Å². The highest BCUT2D eigenvalue weighted by Gasteiger charge is 2.73. The van der Waals surface area contributed by atoms with Gasteiger partial charge in [-0.25, -0.2) is 9.59 Å². The van der Waals surface area contributed by atoms with Crippen LogP contribution in [-0.2, 0) is 14.2 Å². The number of rotatable bonds is 7. The summed E-state index contributed by atoms with van der Waals surface area (Å²) in [6, 6.07) is 6.77. The molecule has 1 unspecified atom stereocenters. The monoisotopic (exact) mass is 665 g/mol. The number of ether oxygens (including phenoxy) is 3. The quantitative estimate of drug-likeness (QED) is 0.164. The maximum absolute atomic E-state index is 14.7. The Labute approximate surface area is 290 Å². The summed E-state index contributed by atoms with van der Waals surface area (Å²) in [4.78, 5) is 26.7. The van der Waals surface area contributed by atoms with E-state index in [1.165, 1.54) is 38.5 Å². The molecule has 48 heavy (non-hydrogen) atoms. The molecule has 1 saturated heterocycles. The molecule has 1 aromatic carbocycles. The van der Waals surface area contributed by atoms with Gasteiger partial charge in [-0.3, -0.25) is 0 Å². The van der Waals surface area contributed by atoms with E-state index in [-0.39, 0.29) is 45.1 Å². The van der Waals surface area contributed by atoms with Crippen LogP contribution in [0.15, 0.2) is 24.3 Å². The van der Waals surface area contributed by atoms with Crippen LogP contribution in [0.4, 0.5) is 0 Å². The summed E-state index contributed by atoms with van der Waals surface area (Å²) in [6.07, 6.45) is 15.6. The van der Waals surface area contributed by atoms with E-state index in [2.05, 4.69) is 55.4 Å². The van der Waals surface area contributed by atoms with E-state index in [0.717, 1.165) is 44.9 Å². The normalized spacial score (nSPS) is 32.8. The highest BCUT2D eigenvalue weighted by Crippen LogP contribution is 2.74. The second kappa shape index (κ2) is 12.7. The first-order valence-electron chi connectivity index (χ1n) is 19.2. The lowest BCUT2D eigenvalue weighted by Crippen LogP contribution is -2.76. The summed E-state index contributed by atoms with van der Waals surface area (Å²) in [5.41, 5.74) is -0.211. The molecule has 1 spiro atoms. The van der Waals surface area contributed by atoms with Crippen molar-refractivity contribution in [2.45, 2.75) is 193 Å². The number of hydrogen-bond donors (Lipinski definition) is 0. The zero-order valence-electron chi connectivity index (χ0n) is 31.2. The topological polar surface area (TPSA) is 84.9 Å². The molecule has 268 valence electrons. The van der Waals surface area contributed by atoms with Gasteiger partial charge in [0.25, 0.3) is 0 Å². The molecule has 1 heterocycles. The minimum Gasteiger partial charge on any atom is -0.632 e. The van der Waals surface area contributed by atoms with Crippen LogP contribution < -0.4 is 0 Å². The number of piperidine rings is 1. The third kappa shape index (κ3) is 6.16. The van der Waals surface area contributed by atoms with Crippen molar-refractivity contribution in [3.63, 3.8) is 0 Å². The summed E-state index contributed by atoms with van der Waals surface area (Å²) in [6.45, 7) is 17.6. The van der Waals surface area contributed by atoms with Crippen LogP contribution in [-0.4, -0.2) is 58.1 Å². The lowest BCUT2D eigenvalue weighted by molar-refractivity contribution is -1.00. The predicted molar refractivity (Wildman–Crippen MR) is 188 cm³/mol. The molecule has 4 aliphatic carbocycles. The molecule has 7 nitrogen and oxygen atoms in total. The van der Waals surface area contributed by atoms with Crippen molar-refractivity contribution in [3.05, 3.63) is 40.6 Å². The molecule has 1 aromatic rings. The third-order valence-corrected chi connectivity index (χ3v) is 13.9. The number of esters is 2. The molecule has 5 aliphatic rings. The molecule has 0 amide bonds. The number of likely N-dealkylation sites (tertiary alicyclic amines) is 1. The highest BCUT2D eigenvalue weighted by atomic mass is 16.6. The van der Waals surface area contributed by atoms with Crippen LogP contribution in [0.3, 0.4) is 0 Å². The van der Waals surface area contributed by atoms with Crippen LogP contribution in [0.5, 0.6) is 0 Å². The first-order chi connectivity index (χ1) is 22.4. The number of quaternary nitrogens is 1. The van der Waals surface area contributed by atoms with E-state index < -0.39 is 17.0 Å². The minimum atomic E-state index is -0.562. The molecule has 1 aliphatic heterocycles. The van der Waals surface area contributed by atoms with Gasteiger partial charge in [0.15, 0.2) is 0 Å². The lowest BCUT2D eigenvalue weighted by Gasteiger charge is -2.69. The Morgan fingerprint density at radius 1 is 0.604 bits per heavy atom. The predicted octanol–water partition coefficient (Wildman–Crippen LogP) is 9.69. The van der Waals surface area contributed by atoms with Gasteiger partial charge in [0.05, 0.1) is 40.5 Å². The molecular formula is C41H63NO6. The summed E-state index contributed by atoms with van der Waals surface area (Å²) < 4.78 is 18.7. The van der Waals surface area contributed by atoms with Gasteiger partial charge in [0, 0.05) is 18.3 Å². The zero-order chi connectivity index (χ0) is 34.8. The fourth-order valence-electron chi connectivity index (χ4n) is 11.8. The summed E-state index contributed by atoms with van der Waals surface area (Å²) in [5.74, 6) is -0.762. The van der Waals surface area contributed by atoms with Crippen molar-refractivity contribution in [2.75, 3.05) is 0 Å². The number of nitrogens with zero attached hydrogens (tertiary/aromatic N) is 1. The van der Waals surface area contributed by atoms with Crippen LogP contribution in [0.25, 0.3) is 0 Å². The fraction of sp³-hybridized carbons (Fsp3) is 0.805. The first-order valence-corrected chi connectivity index (χ1v) is 19.2. The van der Waals surface area contributed by atoms with Crippen LogP contribution in [0, 0.1) is 21.5 Å². The van der Waals surface area contributed by atoms with Crippen LogP contribution in [0.2, 0.25) is 0 Å². The van der Waals surface area contributed by atoms with E-state index in [1.807, 2.05) is 0 Å². The van der Waals surface area contributed by atoms with Crippen LogP contribution in [0.1, 0.15) is 172 Å². The second-order valence-electron chi connectivity index (χ2n) is 18.9. The minimum absolute atomic E-state index is 0.0179. The Kier molecular flexibility index (Phi) is 9.46. The molecule has 5 fully saturated rings. The number of hydroxylamine groups is 3. The van der Waals surface area contributed by atoms with Gasteiger partial charge in [-0.15, -0.1) is 0 Å². The number of benzene rings is 1. The average molecular weight is 666 g/mol. The smallest absolute Gasteiger partial charge is 0.338 e. The van der Waals surface area contributed by atoms with E-state index in [0.29, 0.717) is 36.2 Å². The number of hydrogen-bond acceptors (Lipinski definition) is 6. The van der Waals surface area contributed by atoms with Crippen molar-refractivity contribution in [3.8, 4) is 0 Å². The van der Waals surface area contributed by atoms with Crippen molar-refractivity contribution >= 4 is 11.9 Å². The molecule has 6 rings (SSSR count). The Morgan fingerprint density at radius 3 is 1.48 bits per heavy atom. The molecule has 4 saturated carbocycles. The molecule has 7 heteroatoms. The van der Waals surface area contributed by atoms with Gasteiger partial charge >= 0.3 is 11.9 Å². The molecular weight excluding hydrogens is 602 g/mol. The van der Waals surface area contributed by atoms with E-state index in [1.54, 1.807) is 24.3 Å². The molecule has 1 atom stereocenters. The summed E-state index contributed by atoms with van der Waals surface area (Å²) >= 11 is 0. The zero-order valence-corrected chi connectivity index (χ0v) is 31.2. The Bertz CT molecular complexity index is 1300. The van der Waals surface area contributed by atoms with Gasteiger partial charge in [-0.05, 0) is 121 Å². The molecule has 0 aromatic heterocycles. The molecule has 0 bridgehead atoms. The maximum atomic E-state index is 14.7. The Morgan fingerprint density at radius 2 is 1.02 bits per heavy atom. The van der Waals surface area contributed by atoms with Gasteiger partial charge < -0.3 is 24.1 Å². The standard InChI is InChI=1S/C41H63NO6/c1-37(2)23-32(24-38(3,4)41(37)27-34(41)46-31-17-13-10-14-18-31)47-35(43)28-19-21-29(22-20-28)36(44)48-33-25-39(5,6)42(45,40(7,8)26-33)30-15-11-9-12-16-30/h19-22,30-34H,9-18,23-27H2,1-8H3. The van der Waals surface area contributed by atoms with Crippen molar-refractivity contribution in [1.82, 2.24) is 0 Å². The average Bonchev–Trinajstić information content (AvgIpc) is 3.76. The number of carbonyl (C=O) groups excluding carboxylic acids is 2. The summed E-state index contributed by atoms with van der Waals surface area (Å²) in [7, 11) is 0. The second-order valence-corrected chi connectivity index (χ2v) is 18.9. The van der Waals surface area contributed by atoms with Crippen molar-refractivity contribution in [1.29, 1.82) is 0 Å². The third-order valence-electron chi connectivity index (χ3n) is 13.9. The van der Waals surface area contributed by atoms with Gasteiger partial charge in [0.1, 0.15) is 12.2 Å². The summed E-state index contributed by atoms with van der Waals surface area (Å²) in [5, 5.41) is 14.7. The highest BCUT2D eigenvalue weighted by molar-refractivity contribution is 5.93. The van der Waals surface area contributed by atoms with Crippen molar-refractivity contribution < 1.29 is 28.4 Å². The SMILES string of the molecule is CC1(C)CC(OC(=O)c2ccc(C(=O)OC3CC(C)(C)[N+]([O-])(C4CCCCC4)C(C)(C)C3)cc2)CC(C)(C)C12CC2OC1CCCCC1. The number of carbonyl (C=O) groups is 2. The molecule has 0 radical (unpaired) electrons. The van der Waals surface area contributed by atoms with Gasteiger partial charge in [-0.1, -0.05) is 53.4 Å². The van der Waals surface area contributed by atoms with E-state index in [9.17, 15) is 14.8 Å². The van der Waals surface area contributed by atoms with E-state index >= 15 is 0 Å². The maximum Gasteiger partial charge on any atom is 0.338 e. The largest absolute Gasteiger partial charge is 0.632 e. The van der Waals surface area contributed by atoms with Crippen molar-refractivity contribution in [2.24, 2.45) is 16.2 Å².